The van der Waals surface area contributed by atoms with E-state index >= 15 is 0 Å². The smallest absolute Gasteiger partial charge is 0.0653 e. The van der Waals surface area contributed by atoms with Gasteiger partial charge in [-0.25, -0.2) is 0 Å². The molecule has 2 N–H and O–H groups in total. The van der Waals surface area contributed by atoms with Crippen LogP contribution in [0.15, 0.2) is 0 Å². The van der Waals surface area contributed by atoms with Crippen molar-refractivity contribution in [3.63, 3.8) is 0 Å². The van der Waals surface area contributed by atoms with Crippen LogP contribution in [0, 0.1) is 40.4 Å². The van der Waals surface area contributed by atoms with Crippen molar-refractivity contribution in [3.05, 3.63) is 0 Å². The van der Waals surface area contributed by atoms with Gasteiger partial charge in [-0.2, -0.15) is 0 Å². The number of aliphatic hydroxyl groups is 2. The van der Waals surface area contributed by atoms with Crippen molar-refractivity contribution >= 4 is 0 Å². The second-order valence-electron chi connectivity index (χ2n) is 12.4. The van der Waals surface area contributed by atoms with Crippen LogP contribution in [0.4, 0.5) is 0 Å². The predicted octanol–water partition coefficient (Wildman–Crippen LogP) is 6.73. The van der Waals surface area contributed by atoms with E-state index in [9.17, 15) is 10.2 Å². The molecule has 29 heavy (non-hydrogen) atoms. The van der Waals surface area contributed by atoms with Gasteiger partial charge in [-0.15, -0.1) is 0 Å². The molecule has 4 aliphatic rings. The van der Waals surface area contributed by atoms with Gasteiger partial charge in [0, 0.05) is 0 Å². The number of rotatable bonds is 6. The molecular weight excluding hydrogens is 356 g/mol. The second kappa shape index (κ2) is 8.12. The quantitative estimate of drug-likeness (QED) is 0.482. The Hall–Kier alpha value is -0.0800. The molecule has 4 fully saturated rings. The van der Waals surface area contributed by atoms with Gasteiger partial charge in [0.15, 0.2) is 0 Å². The predicted molar refractivity (Wildman–Crippen MR) is 121 cm³/mol. The van der Waals surface area contributed by atoms with Crippen LogP contribution < -0.4 is 0 Å². The Bertz CT molecular complexity index is 571. The highest BCUT2D eigenvalue weighted by atomic mass is 16.3. The average molecular weight is 405 g/mol. The largest absolute Gasteiger partial charge is 0.393 e. The minimum Gasteiger partial charge on any atom is -0.393 e. The fourth-order valence-corrected chi connectivity index (χ4v) is 9.34. The SMILES string of the molecule is CCCCCC[C@](C)(O)[C@H]1CCC2C3CC[C@H]4C[C@@H](O)CC[C@]4(C)C3CC[C@@]21C. The van der Waals surface area contributed by atoms with Crippen LogP contribution in [0.5, 0.6) is 0 Å². The molecule has 0 aliphatic heterocycles. The number of hydrogen-bond donors (Lipinski definition) is 2. The third-order valence-corrected chi connectivity index (χ3v) is 10.9. The molecule has 2 heteroatoms. The van der Waals surface area contributed by atoms with Gasteiger partial charge in [0.1, 0.15) is 0 Å². The zero-order valence-corrected chi connectivity index (χ0v) is 19.8. The molecule has 0 aromatic rings. The molecule has 0 bridgehead atoms. The van der Waals surface area contributed by atoms with Gasteiger partial charge >= 0.3 is 0 Å². The zero-order valence-electron chi connectivity index (χ0n) is 19.8. The summed E-state index contributed by atoms with van der Waals surface area (Å²) >= 11 is 0. The molecule has 0 aromatic carbocycles. The summed E-state index contributed by atoms with van der Waals surface area (Å²) in [6, 6.07) is 0. The molecule has 4 saturated carbocycles. The normalized spacial score (nSPS) is 49.0. The fraction of sp³-hybridized carbons (Fsp3) is 1.00. The van der Waals surface area contributed by atoms with E-state index in [1.165, 1.54) is 70.6 Å². The summed E-state index contributed by atoms with van der Waals surface area (Å²) in [6.45, 7) is 9.58. The Morgan fingerprint density at radius 1 is 0.862 bits per heavy atom. The van der Waals surface area contributed by atoms with Crippen molar-refractivity contribution in [1.82, 2.24) is 0 Å². The summed E-state index contributed by atoms with van der Waals surface area (Å²) in [5, 5.41) is 21.8. The van der Waals surface area contributed by atoms with Crippen molar-refractivity contribution in [2.24, 2.45) is 40.4 Å². The lowest BCUT2D eigenvalue weighted by Crippen LogP contribution is -2.55. The Balaban J connectivity index is 1.48. The van der Waals surface area contributed by atoms with Gasteiger partial charge < -0.3 is 10.2 Å². The van der Waals surface area contributed by atoms with Crippen LogP contribution in [-0.2, 0) is 0 Å². The van der Waals surface area contributed by atoms with Gasteiger partial charge in [-0.3, -0.25) is 0 Å². The molecule has 4 aliphatic carbocycles. The summed E-state index contributed by atoms with van der Waals surface area (Å²) in [5.74, 6) is 3.78. The van der Waals surface area contributed by atoms with Crippen LogP contribution >= 0.6 is 0 Å². The highest BCUT2D eigenvalue weighted by molar-refractivity contribution is 5.11. The number of aliphatic hydroxyl groups excluding tert-OH is 1. The van der Waals surface area contributed by atoms with Gasteiger partial charge in [0.2, 0.25) is 0 Å². The van der Waals surface area contributed by atoms with Crippen molar-refractivity contribution < 1.29 is 10.2 Å². The average Bonchev–Trinajstić information content (AvgIpc) is 3.04. The summed E-state index contributed by atoms with van der Waals surface area (Å²) < 4.78 is 0. The lowest BCUT2D eigenvalue weighted by molar-refractivity contribution is -0.144. The first-order valence-corrected chi connectivity index (χ1v) is 13.1. The maximum absolute atomic E-state index is 11.6. The molecule has 0 amide bonds. The number of fused-ring (bicyclic) bond motifs is 5. The Morgan fingerprint density at radius 3 is 2.34 bits per heavy atom. The van der Waals surface area contributed by atoms with E-state index in [0.29, 0.717) is 16.7 Å². The molecule has 0 saturated heterocycles. The Labute approximate surface area is 180 Å². The standard InChI is InChI=1S/C27H48O2/c1-5-6-7-8-15-27(4,29)24-12-11-22-21-10-9-19-18-20(28)13-16-25(19,2)23(21)14-17-26(22,24)3/h19-24,28-29H,5-18H2,1-4H3/t19-,20-,21?,22?,23?,24-,25-,26-,27-/m0/s1. The second-order valence-corrected chi connectivity index (χ2v) is 12.4. The first-order chi connectivity index (χ1) is 13.7. The van der Waals surface area contributed by atoms with E-state index in [1.54, 1.807) is 0 Å². The van der Waals surface area contributed by atoms with E-state index in [0.717, 1.165) is 42.9 Å². The summed E-state index contributed by atoms with van der Waals surface area (Å²) in [7, 11) is 0. The zero-order chi connectivity index (χ0) is 20.9. The number of unbranched alkanes of at least 4 members (excludes halogenated alkanes) is 3. The van der Waals surface area contributed by atoms with E-state index in [1.807, 2.05) is 0 Å². The molecule has 0 heterocycles. The lowest BCUT2D eigenvalue weighted by Gasteiger charge is -2.61. The van der Waals surface area contributed by atoms with Crippen molar-refractivity contribution in [2.75, 3.05) is 0 Å². The minimum atomic E-state index is -0.486. The maximum Gasteiger partial charge on any atom is 0.0653 e. The summed E-state index contributed by atoms with van der Waals surface area (Å²) in [6.07, 6.45) is 17.3. The fourth-order valence-electron chi connectivity index (χ4n) is 9.34. The molecule has 4 rings (SSSR count). The van der Waals surface area contributed by atoms with Crippen LogP contribution in [0.2, 0.25) is 0 Å². The van der Waals surface area contributed by atoms with Gasteiger partial charge in [-0.1, -0.05) is 46.5 Å². The third-order valence-electron chi connectivity index (χ3n) is 10.9. The maximum atomic E-state index is 11.6. The van der Waals surface area contributed by atoms with Crippen LogP contribution in [0.25, 0.3) is 0 Å². The van der Waals surface area contributed by atoms with E-state index in [4.69, 9.17) is 0 Å². The molecule has 2 nitrogen and oxygen atoms in total. The molecule has 0 aromatic heterocycles. The van der Waals surface area contributed by atoms with Crippen molar-refractivity contribution in [3.8, 4) is 0 Å². The highest BCUT2D eigenvalue weighted by Crippen LogP contribution is 2.68. The van der Waals surface area contributed by atoms with Crippen molar-refractivity contribution in [2.45, 2.75) is 129 Å². The Morgan fingerprint density at radius 2 is 1.59 bits per heavy atom. The van der Waals surface area contributed by atoms with E-state index in [2.05, 4.69) is 27.7 Å². The highest BCUT2D eigenvalue weighted by Gasteiger charge is 2.62. The molecular formula is C27H48O2. The van der Waals surface area contributed by atoms with Crippen LogP contribution in [-0.4, -0.2) is 21.9 Å². The molecule has 9 atom stereocenters. The van der Waals surface area contributed by atoms with Crippen molar-refractivity contribution in [1.29, 1.82) is 0 Å². The number of hydrogen-bond acceptors (Lipinski definition) is 2. The molecule has 168 valence electrons. The van der Waals surface area contributed by atoms with E-state index < -0.39 is 5.60 Å². The third kappa shape index (κ3) is 3.73. The molecule has 3 unspecified atom stereocenters. The first kappa shape index (κ1) is 22.1. The molecule has 0 spiro atoms. The Kier molecular flexibility index (Phi) is 6.19. The molecule has 0 radical (unpaired) electrons. The minimum absolute atomic E-state index is 0.0443. The van der Waals surface area contributed by atoms with Crippen LogP contribution in [0.1, 0.15) is 118 Å². The monoisotopic (exact) mass is 404 g/mol. The van der Waals surface area contributed by atoms with Gasteiger partial charge in [-0.05, 0) is 112 Å². The van der Waals surface area contributed by atoms with E-state index in [-0.39, 0.29) is 6.10 Å². The topological polar surface area (TPSA) is 40.5 Å². The van der Waals surface area contributed by atoms with Gasteiger partial charge in [0.25, 0.3) is 0 Å². The summed E-state index contributed by atoms with van der Waals surface area (Å²) in [5.41, 5.74) is 0.317. The summed E-state index contributed by atoms with van der Waals surface area (Å²) in [4.78, 5) is 0. The first-order valence-electron chi connectivity index (χ1n) is 13.1. The lowest BCUT2D eigenvalue weighted by atomic mass is 9.44. The van der Waals surface area contributed by atoms with Gasteiger partial charge in [0.05, 0.1) is 11.7 Å². The van der Waals surface area contributed by atoms with Crippen LogP contribution in [0.3, 0.4) is 0 Å².